The molecule has 0 unspecified atom stereocenters. The highest BCUT2D eigenvalue weighted by atomic mass is 32.1. The molecule has 0 radical (unpaired) electrons. The Hall–Kier alpha value is -5.96. The van der Waals surface area contributed by atoms with Crippen LogP contribution in [-0.2, 0) is 11.2 Å². The average molecular weight is 713 g/mol. The number of carbonyl (C=O) groups is 1. The van der Waals surface area contributed by atoms with Gasteiger partial charge in [0.05, 0.1) is 0 Å². The number of carboxylic acids is 1. The lowest BCUT2D eigenvalue weighted by Crippen LogP contribution is -2.09. The largest absolute Gasteiger partial charge is 0.477 e. The Morgan fingerprint density at radius 3 is 1.85 bits per heavy atom. The smallest absolute Gasteiger partial charge is 0.346 e. The molecule has 0 aliphatic rings. The highest BCUT2D eigenvalue weighted by molar-refractivity contribution is 7.17. The van der Waals surface area contributed by atoms with Gasteiger partial charge in [-0.25, -0.2) is 4.79 Å². The highest BCUT2D eigenvalue weighted by Gasteiger charge is 2.14. The van der Waals surface area contributed by atoms with Crippen molar-refractivity contribution in [3.8, 4) is 27.6 Å². The molecule has 0 saturated heterocycles. The van der Waals surface area contributed by atoms with Crippen molar-refractivity contribution >= 4 is 52.6 Å². The van der Waals surface area contributed by atoms with Gasteiger partial charge < -0.3 is 10.0 Å². The quantitative estimate of drug-likeness (QED) is 0.0616. The normalized spacial score (nSPS) is 11.4. The van der Waals surface area contributed by atoms with Gasteiger partial charge in [0.2, 0.25) is 0 Å². The van der Waals surface area contributed by atoms with Crippen molar-refractivity contribution in [1.29, 1.82) is 5.26 Å². The van der Waals surface area contributed by atoms with E-state index < -0.39 is 5.97 Å². The van der Waals surface area contributed by atoms with Gasteiger partial charge in [-0.3, -0.25) is 0 Å². The summed E-state index contributed by atoms with van der Waals surface area (Å²) < 4.78 is 0. The molecule has 6 aromatic rings. The number of hydrogen-bond acceptors (Lipinski definition) is 4. The number of rotatable bonds is 16. The van der Waals surface area contributed by atoms with Crippen LogP contribution in [0.3, 0.4) is 0 Å². The second kappa shape index (κ2) is 18.5. The Bertz CT molecular complexity index is 2140. The molecular formula is C48H44N2O2S. The van der Waals surface area contributed by atoms with Crippen molar-refractivity contribution in [1.82, 2.24) is 0 Å². The SMILES string of the molecule is CCCCCCCCc1ccc(-c2cc(-c3ccc(/C=C(\C#N)C(=O)O)cc3)sc2/C=C/c2ccc(N(c3ccccc3)c3ccccc3)cc2)cc1. The third kappa shape index (κ3) is 9.89. The van der Waals surface area contributed by atoms with Crippen molar-refractivity contribution in [2.75, 3.05) is 4.90 Å². The Morgan fingerprint density at radius 2 is 1.25 bits per heavy atom. The van der Waals surface area contributed by atoms with E-state index in [1.165, 1.54) is 61.3 Å². The summed E-state index contributed by atoms with van der Waals surface area (Å²) >= 11 is 1.73. The minimum atomic E-state index is -1.23. The molecule has 0 aliphatic carbocycles. The molecule has 1 heterocycles. The topological polar surface area (TPSA) is 64.3 Å². The van der Waals surface area contributed by atoms with E-state index in [9.17, 15) is 15.2 Å². The number of para-hydroxylation sites is 2. The Kier molecular flexibility index (Phi) is 12.9. The summed E-state index contributed by atoms with van der Waals surface area (Å²) in [5.41, 5.74) is 9.54. The van der Waals surface area contributed by atoms with Crippen molar-refractivity contribution in [3.63, 3.8) is 0 Å². The number of nitrogens with zero attached hydrogens (tertiary/aromatic N) is 2. The number of carboxylic acid groups (broad SMARTS) is 1. The number of thiophene rings is 1. The highest BCUT2D eigenvalue weighted by Crippen LogP contribution is 2.39. The van der Waals surface area contributed by atoms with Crippen LogP contribution in [0.1, 0.15) is 67.0 Å². The zero-order valence-corrected chi connectivity index (χ0v) is 30.9. The summed E-state index contributed by atoms with van der Waals surface area (Å²) in [4.78, 5) is 15.9. The molecule has 264 valence electrons. The molecule has 6 rings (SSSR count). The zero-order chi connectivity index (χ0) is 36.8. The Balaban J connectivity index is 1.27. The Morgan fingerprint density at radius 1 is 0.679 bits per heavy atom. The molecule has 0 fully saturated rings. The molecule has 5 heteroatoms. The van der Waals surface area contributed by atoms with Crippen molar-refractivity contribution in [3.05, 3.63) is 167 Å². The summed E-state index contributed by atoms with van der Waals surface area (Å²) in [6.45, 7) is 2.26. The lowest BCUT2D eigenvalue weighted by atomic mass is 10.00. The number of hydrogen-bond donors (Lipinski definition) is 1. The molecule has 0 saturated carbocycles. The van der Waals surface area contributed by atoms with E-state index in [1.807, 2.05) is 36.4 Å². The molecule has 0 amide bonds. The summed E-state index contributed by atoms with van der Waals surface area (Å²) in [6, 6.07) is 50.2. The van der Waals surface area contributed by atoms with Gasteiger partial charge in [-0.15, -0.1) is 11.3 Å². The lowest BCUT2D eigenvalue weighted by Gasteiger charge is -2.25. The fourth-order valence-electron chi connectivity index (χ4n) is 6.42. The third-order valence-corrected chi connectivity index (χ3v) is 10.5. The summed E-state index contributed by atoms with van der Waals surface area (Å²) in [6.07, 6.45) is 14.6. The van der Waals surface area contributed by atoms with Crippen LogP contribution in [0.15, 0.2) is 145 Å². The van der Waals surface area contributed by atoms with Crippen LogP contribution in [0.5, 0.6) is 0 Å². The van der Waals surface area contributed by atoms with Crippen LogP contribution in [0.2, 0.25) is 0 Å². The van der Waals surface area contributed by atoms with Gasteiger partial charge in [-0.1, -0.05) is 142 Å². The van der Waals surface area contributed by atoms with Gasteiger partial charge >= 0.3 is 5.97 Å². The van der Waals surface area contributed by atoms with Crippen LogP contribution in [-0.4, -0.2) is 11.1 Å². The van der Waals surface area contributed by atoms with Gasteiger partial charge in [0, 0.05) is 32.4 Å². The monoisotopic (exact) mass is 712 g/mol. The van der Waals surface area contributed by atoms with E-state index in [0.717, 1.165) is 44.4 Å². The van der Waals surface area contributed by atoms with Gasteiger partial charge in [0.1, 0.15) is 11.6 Å². The zero-order valence-electron chi connectivity index (χ0n) is 30.1. The Labute approximate surface area is 317 Å². The van der Waals surface area contributed by atoms with Gasteiger partial charge in [0.25, 0.3) is 0 Å². The van der Waals surface area contributed by atoms with Crippen LogP contribution < -0.4 is 4.90 Å². The molecule has 1 N–H and O–H groups in total. The van der Waals surface area contributed by atoms with Gasteiger partial charge in [0.15, 0.2) is 0 Å². The van der Waals surface area contributed by atoms with Crippen molar-refractivity contribution in [2.24, 2.45) is 0 Å². The molecule has 4 nitrogen and oxygen atoms in total. The first-order chi connectivity index (χ1) is 26.0. The van der Waals surface area contributed by atoms with Crippen LogP contribution in [0.4, 0.5) is 17.1 Å². The molecule has 0 spiro atoms. The maximum atomic E-state index is 11.4. The predicted octanol–water partition coefficient (Wildman–Crippen LogP) is 13.6. The van der Waals surface area contributed by atoms with Crippen molar-refractivity contribution in [2.45, 2.75) is 51.9 Å². The minimum absolute atomic E-state index is 0.288. The second-order valence-electron chi connectivity index (χ2n) is 13.1. The van der Waals surface area contributed by atoms with E-state index >= 15 is 0 Å². The van der Waals surface area contributed by atoms with Crippen molar-refractivity contribution < 1.29 is 9.90 Å². The predicted molar refractivity (Wildman–Crippen MR) is 224 cm³/mol. The van der Waals surface area contributed by atoms with E-state index in [-0.39, 0.29) is 5.57 Å². The fourth-order valence-corrected chi connectivity index (χ4v) is 7.51. The van der Waals surface area contributed by atoms with E-state index in [2.05, 4.69) is 127 Å². The number of anilines is 3. The van der Waals surface area contributed by atoms with Crippen LogP contribution in [0, 0.1) is 11.3 Å². The molecule has 5 aromatic carbocycles. The standard InChI is InChI=1S/C48H44N2O2S/c1-2-3-4-5-6-9-14-36-19-26-39(27-20-36)45-34-47(40-28-21-38(22-29-40)33-41(35-49)48(51)52)53-46(45)32-25-37-23-30-44(31-24-37)50(42-15-10-7-11-16-42)43-17-12-8-13-18-43/h7-8,10-13,15-34H,2-6,9,14H2,1H3,(H,51,52)/b32-25+,41-33+. The number of benzene rings is 5. The molecule has 0 bridgehead atoms. The number of aryl methyl sites for hydroxylation is 1. The first-order valence-electron chi connectivity index (χ1n) is 18.4. The summed E-state index contributed by atoms with van der Waals surface area (Å²) in [5.74, 6) is -1.23. The first kappa shape index (κ1) is 36.8. The first-order valence-corrected chi connectivity index (χ1v) is 19.2. The summed E-state index contributed by atoms with van der Waals surface area (Å²) in [7, 11) is 0. The van der Waals surface area contributed by atoms with Gasteiger partial charge in [-0.2, -0.15) is 5.26 Å². The number of aliphatic carboxylic acids is 1. The molecule has 1 aromatic heterocycles. The number of unbranched alkanes of at least 4 members (excludes halogenated alkanes) is 5. The van der Waals surface area contributed by atoms with Crippen LogP contribution >= 0.6 is 11.3 Å². The molecule has 0 aliphatic heterocycles. The van der Waals surface area contributed by atoms with Crippen LogP contribution in [0.25, 0.3) is 39.8 Å². The average Bonchev–Trinajstić information content (AvgIpc) is 3.63. The fraction of sp³-hybridized carbons (Fsp3) is 0.167. The summed E-state index contributed by atoms with van der Waals surface area (Å²) in [5, 5.41) is 18.5. The molecule has 53 heavy (non-hydrogen) atoms. The number of nitriles is 1. The van der Waals surface area contributed by atoms with E-state index in [1.54, 1.807) is 17.4 Å². The van der Waals surface area contributed by atoms with E-state index in [0.29, 0.717) is 5.56 Å². The maximum absolute atomic E-state index is 11.4. The van der Waals surface area contributed by atoms with Gasteiger partial charge in [-0.05, 0) is 95.3 Å². The van der Waals surface area contributed by atoms with E-state index in [4.69, 9.17) is 0 Å². The molecule has 0 atom stereocenters. The molecular weight excluding hydrogens is 669 g/mol. The third-order valence-electron chi connectivity index (χ3n) is 9.31. The second-order valence-corrected chi connectivity index (χ2v) is 14.2. The lowest BCUT2D eigenvalue weighted by molar-refractivity contribution is -0.132. The maximum Gasteiger partial charge on any atom is 0.346 e. The minimum Gasteiger partial charge on any atom is -0.477 e.